The zero-order chi connectivity index (χ0) is 17.6. The van der Waals surface area contributed by atoms with Crippen LogP contribution in [0.5, 0.6) is 0 Å². The average Bonchev–Trinajstić information content (AvgIpc) is 3.02. The highest BCUT2D eigenvalue weighted by Gasteiger charge is 2.26. The molecule has 0 aliphatic heterocycles. The van der Waals surface area contributed by atoms with Gasteiger partial charge in [0.1, 0.15) is 0 Å². The summed E-state index contributed by atoms with van der Waals surface area (Å²) >= 11 is 0. The number of benzene rings is 2. The number of hydrogen-bond acceptors (Lipinski definition) is 2. The second-order valence-corrected chi connectivity index (χ2v) is 7.24. The lowest BCUT2D eigenvalue weighted by Gasteiger charge is -2.26. The lowest BCUT2D eigenvalue weighted by Crippen LogP contribution is -2.36. The number of fused-ring (bicyclic) bond motifs is 1. The van der Waals surface area contributed by atoms with E-state index in [9.17, 15) is 4.79 Å². The van der Waals surface area contributed by atoms with Crippen LogP contribution in [0.4, 0.5) is 0 Å². The zero-order valence-corrected chi connectivity index (χ0v) is 15.3. The van der Waals surface area contributed by atoms with Gasteiger partial charge >= 0.3 is 0 Å². The summed E-state index contributed by atoms with van der Waals surface area (Å²) in [5, 5.41) is 0. The third-order valence-electron chi connectivity index (χ3n) is 5.06. The van der Waals surface area contributed by atoms with Crippen molar-refractivity contribution < 1.29 is 4.79 Å². The Hall–Kier alpha value is -2.13. The Morgan fingerprint density at radius 3 is 2.48 bits per heavy atom. The van der Waals surface area contributed by atoms with Crippen LogP contribution >= 0.6 is 0 Å². The van der Waals surface area contributed by atoms with Gasteiger partial charge < -0.3 is 9.80 Å². The smallest absolute Gasteiger partial charge is 0.223 e. The van der Waals surface area contributed by atoms with Gasteiger partial charge in [-0.05, 0) is 49.5 Å². The van der Waals surface area contributed by atoms with Gasteiger partial charge in [0.15, 0.2) is 0 Å². The van der Waals surface area contributed by atoms with Gasteiger partial charge in [-0.3, -0.25) is 4.79 Å². The summed E-state index contributed by atoms with van der Waals surface area (Å²) in [5.74, 6) is 0.647. The van der Waals surface area contributed by atoms with Gasteiger partial charge in [-0.25, -0.2) is 0 Å². The van der Waals surface area contributed by atoms with Crippen molar-refractivity contribution in [3.8, 4) is 0 Å². The zero-order valence-electron chi connectivity index (χ0n) is 15.3. The van der Waals surface area contributed by atoms with Gasteiger partial charge in [0.25, 0.3) is 0 Å². The molecule has 0 spiro atoms. The summed E-state index contributed by atoms with van der Waals surface area (Å²) in [6, 6.07) is 18.9. The highest BCUT2D eigenvalue weighted by molar-refractivity contribution is 5.77. The first kappa shape index (κ1) is 17.7. The van der Waals surface area contributed by atoms with Crippen LogP contribution in [0, 0.1) is 0 Å². The summed E-state index contributed by atoms with van der Waals surface area (Å²) < 4.78 is 0. The summed E-state index contributed by atoms with van der Waals surface area (Å²) in [6.07, 6.45) is 2.82. The Balaban J connectivity index is 1.68. The van der Waals surface area contributed by atoms with E-state index in [1.54, 1.807) is 0 Å². The van der Waals surface area contributed by atoms with E-state index in [0.29, 0.717) is 18.9 Å². The second kappa shape index (κ2) is 8.30. The van der Waals surface area contributed by atoms with E-state index in [2.05, 4.69) is 55.4 Å². The van der Waals surface area contributed by atoms with Crippen molar-refractivity contribution in [1.82, 2.24) is 9.80 Å². The van der Waals surface area contributed by atoms with Gasteiger partial charge in [-0.15, -0.1) is 0 Å². The second-order valence-electron chi connectivity index (χ2n) is 7.24. The molecule has 0 saturated carbocycles. The third kappa shape index (κ3) is 4.70. The van der Waals surface area contributed by atoms with Gasteiger partial charge in [0, 0.05) is 26.1 Å². The number of rotatable bonds is 7. The van der Waals surface area contributed by atoms with Crippen molar-refractivity contribution in [2.24, 2.45) is 0 Å². The van der Waals surface area contributed by atoms with Crippen molar-refractivity contribution in [3.63, 3.8) is 0 Å². The molecule has 0 aromatic heterocycles. The largest absolute Gasteiger partial charge is 0.337 e. The van der Waals surface area contributed by atoms with Gasteiger partial charge in [-0.2, -0.15) is 0 Å². The number of carbonyl (C=O) groups excluding carboxylic acids is 1. The first-order valence-electron chi connectivity index (χ1n) is 9.17. The maximum atomic E-state index is 13.0. The van der Waals surface area contributed by atoms with E-state index in [4.69, 9.17) is 0 Å². The van der Waals surface area contributed by atoms with Crippen LogP contribution in [-0.4, -0.2) is 42.9 Å². The van der Waals surface area contributed by atoms with Gasteiger partial charge in [0.2, 0.25) is 5.91 Å². The van der Waals surface area contributed by atoms with Crippen LogP contribution in [-0.2, 0) is 17.8 Å². The molecule has 3 rings (SSSR count). The highest BCUT2D eigenvalue weighted by atomic mass is 16.2. The Bertz CT molecular complexity index is 696. The topological polar surface area (TPSA) is 23.6 Å². The molecule has 0 N–H and O–H groups in total. The van der Waals surface area contributed by atoms with Crippen LogP contribution < -0.4 is 0 Å². The molecular weight excluding hydrogens is 308 g/mol. The Morgan fingerprint density at radius 1 is 1.00 bits per heavy atom. The van der Waals surface area contributed by atoms with E-state index in [-0.39, 0.29) is 5.91 Å². The minimum Gasteiger partial charge on any atom is -0.337 e. The summed E-state index contributed by atoms with van der Waals surface area (Å²) in [7, 11) is 4.11. The Morgan fingerprint density at radius 2 is 1.72 bits per heavy atom. The van der Waals surface area contributed by atoms with E-state index >= 15 is 0 Å². The molecule has 0 fully saturated rings. The van der Waals surface area contributed by atoms with Crippen LogP contribution in [0.15, 0.2) is 54.6 Å². The lowest BCUT2D eigenvalue weighted by molar-refractivity contribution is -0.132. The number of aryl methyl sites for hydroxylation is 1. The van der Waals surface area contributed by atoms with Gasteiger partial charge in [-0.1, -0.05) is 54.6 Å². The summed E-state index contributed by atoms with van der Waals surface area (Å²) in [4.78, 5) is 17.2. The van der Waals surface area contributed by atoms with E-state index in [1.807, 2.05) is 23.1 Å². The molecule has 2 aromatic carbocycles. The molecule has 2 aromatic rings. The van der Waals surface area contributed by atoms with Crippen molar-refractivity contribution in [2.45, 2.75) is 31.7 Å². The molecule has 0 heterocycles. The Labute approximate surface area is 151 Å². The quantitative estimate of drug-likeness (QED) is 0.770. The van der Waals surface area contributed by atoms with Crippen molar-refractivity contribution >= 4 is 5.91 Å². The fraction of sp³-hybridized carbons (Fsp3) is 0.409. The van der Waals surface area contributed by atoms with Crippen LogP contribution in [0.1, 0.15) is 35.4 Å². The first-order valence-corrected chi connectivity index (χ1v) is 9.17. The minimum atomic E-state index is 0.271. The van der Waals surface area contributed by atoms with E-state index in [0.717, 1.165) is 25.9 Å². The molecular formula is C22H28N2O. The molecule has 0 saturated heterocycles. The first-order chi connectivity index (χ1) is 12.1. The molecule has 132 valence electrons. The number of nitrogens with zero attached hydrogens (tertiary/aromatic N) is 2. The monoisotopic (exact) mass is 336 g/mol. The maximum absolute atomic E-state index is 13.0. The molecule has 1 amide bonds. The summed E-state index contributed by atoms with van der Waals surface area (Å²) in [6.45, 7) is 2.36. The number of carbonyl (C=O) groups is 1. The molecule has 25 heavy (non-hydrogen) atoms. The number of amides is 1. The molecule has 1 aliphatic rings. The fourth-order valence-electron chi connectivity index (χ4n) is 3.61. The molecule has 1 aliphatic carbocycles. The molecule has 0 bridgehead atoms. The summed E-state index contributed by atoms with van der Waals surface area (Å²) in [5.41, 5.74) is 3.99. The standard InChI is InChI=1S/C22H28N2O/c1-23(2)14-15-24(17-18-8-4-3-5-9-18)22(25)16-20-13-12-19-10-6-7-11-21(19)20/h3-11,20H,12-17H2,1-2H3. The molecule has 3 nitrogen and oxygen atoms in total. The average molecular weight is 336 g/mol. The normalized spacial score (nSPS) is 16.0. The van der Waals surface area contributed by atoms with Crippen molar-refractivity contribution in [2.75, 3.05) is 27.2 Å². The fourth-order valence-corrected chi connectivity index (χ4v) is 3.61. The highest BCUT2D eigenvalue weighted by Crippen LogP contribution is 2.35. The van der Waals surface area contributed by atoms with Crippen LogP contribution in [0.2, 0.25) is 0 Å². The van der Waals surface area contributed by atoms with Crippen LogP contribution in [0.25, 0.3) is 0 Å². The minimum absolute atomic E-state index is 0.271. The Kier molecular flexibility index (Phi) is 5.87. The molecule has 1 atom stereocenters. The number of likely N-dealkylation sites (N-methyl/N-ethyl adjacent to an activating group) is 1. The predicted octanol–water partition coefficient (Wildman–Crippen LogP) is 3.70. The SMILES string of the molecule is CN(C)CCN(Cc1ccccc1)C(=O)CC1CCc2ccccc21. The molecule has 0 radical (unpaired) electrons. The van der Waals surface area contributed by atoms with Gasteiger partial charge in [0.05, 0.1) is 0 Å². The number of hydrogen-bond donors (Lipinski definition) is 0. The van der Waals surface area contributed by atoms with Crippen LogP contribution in [0.3, 0.4) is 0 Å². The van der Waals surface area contributed by atoms with Crippen molar-refractivity contribution in [1.29, 1.82) is 0 Å². The molecule has 1 unspecified atom stereocenters. The predicted molar refractivity (Wildman–Crippen MR) is 103 cm³/mol. The van der Waals surface area contributed by atoms with Crippen molar-refractivity contribution in [3.05, 3.63) is 71.3 Å². The molecule has 3 heteroatoms. The van der Waals surface area contributed by atoms with E-state index in [1.165, 1.54) is 16.7 Å². The third-order valence-corrected chi connectivity index (χ3v) is 5.06. The maximum Gasteiger partial charge on any atom is 0.223 e. The van der Waals surface area contributed by atoms with E-state index < -0.39 is 0 Å². The lowest BCUT2D eigenvalue weighted by atomic mass is 9.97.